The lowest BCUT2D eigenvalue weighted by atomic mass is 10.3. The number of carboxylic acids is 2. The Balaban J connectivity index is -0.000000218. The fourth-order valence-corrected chi connectivity index (χ4v) is 0.627. The zero-order valence-electron chi connectivity index (χ0n) is 11.3. The first-order valence-corrected chi connectivity index (χ1v) is 4.89. The second-order valence-corrected chi connectivity index (χ2v) is 4.82. The summed E-state index contributed by atoms with van der Waals surface area (Å²) in [6.07, 6.45) is 0. The highest BCUT2D eigenvalue weighted by Gasteiger charge is 2.11. The summed E-state index contributed by atoms with van der Waals surface area (Å²) < 4.78 is 0.481. The van der Waals surface area contributed by atoms with Gasteiger partial charge in [0.1, 0.15) is 6.04 Å². The summed E-state index contributed by atoms with van der Waals surface area (Å²) in [5, 5.41) is 16.5. The lowest BCUT2D eigenvalue weighted by Gasteiger charge is -2.20. The molecule has 0 rings (SSSR count). The summed E-state index contributed by atoms with van der Waals surface area (Å²) in [6.45, 7) is 1.82. The van der Waals surface area contributed by atoms with E-state index in [4.69, 9.17) is 10.2 Å². The van der Waals surface area contributed by atoms with Gasteiger partial charge < -0.3 is 20.2 Å². The summed E-state index contributed by atoms with van der Waals surface area (Å²) in [4.78, 5) is 21.7. The summed E-state index contributed by atoms with van der Waals surface area (Å²) >= 11 is 0. The summed E-state index contributed by atoms with van der Waals surface area (Å²) in [7, 11) is 8.99. The van der Waals surface area contributed by atoms with Crippen molar-refractivity contribution in [2.45, 2.75) is 13.0 Å². The van der Waals surface area contributed by atoms with E-state index >= 15 is 0 Å². The molecule has 0 heterocycles. The first-order valence-electron chi connectivity index (χ1n) is 4.89. The summed E-state index contributed by atoms with van der Waals surface area (Å²) in [5.41, 5.74) is 0. The second kappa shape index (κ2) is 8.91. The summed E-state index contributed by atoms with van der Waals surface area (Å²) in [5.74, 6) is -1.53. The van der Waals surface area contributed by atoms with Crippen LogP contribution >= 0.6 is 0 Å². The maximum Gasteiger partial charge on any atom is 0.359 e. The van der Waals surface area contributed by atoms with Crippen LogP contribution in [0.1, 0.15) is 6.92 Å². The molecule has 0 aliphatic heterocycles. The standard InChI is InChI=1S/2C5H11NO2.H2O/c1-6(2,3)4-5(7)8;1-4(5(7)8)6(2)3;/h4H2,1-3H3;4H,1-3H3,(H,7,8);1H2. The van der Waals surface area contributed by atoms with Crippen LogP contribution in [0.4, 0.5) is 0 Å². The quantitative estimate of drug-likeness (QED) is 0.660. The molecule has 7 heteroatoms. The van der Waals surface area contributed by atoms with E-state index in [9.17, 15) is 9.59 Å². The van der Waals surface area contributed by atoms with E-state index < -0.39 is 11.9 Å². The van der Waals surface area contributed by atoms with Gasteiger partial charge in [-0.25, -0.2) is 4.79 Å². The van der Waals surface area contributed by atoms with Crippen molar-refractivity contribution in [3.05, 3.63) is 0 Å². The van der Waals surface area contributed by atoms with E-state index in [1.54, 1.807) is 25.9 Å². The largest absolute Gasteiger partial charge is 0.870 e. The Bertz CT molecular complexity index is 235. The van der Waals surface area contributed by atoms with Crippen molar-refractivity contribution in [2.75, 3.05) is 41.8 Å². The van der Waals surface area contributed by atoms with Gasteiger partial charge in [0, 0.05) is 0 Å². The van der Waals surface area contributed by atoms with Crippen LogP contribution in [-0.4, -0.2) is 84.8 Å². The highest BCUT2D eigenvalue weighted by molar-refractivity contribution is 5.72. The average Bonchev–Trinajstić information content (AvgIpc) is 1.98. The maximum absolute atomic E-state index is 10.1. The first-order chi connectivity index (χ1) is 6.97. The van der Waals surface area contributed by atoms with Gasteiger partial charge in [-0.1, -0.05) is 0 Å². The molecule has 0 saturated carbocycles. The molecule has 17 heavy (non-hydrogen) atoms. The molecule has 104 valence electrons. The predicted molar refractivity (Wildman–Crippen MR) is 63.3 cm³/mol. The van der Waals surface area contributed by atoms with Crippen molar-refractivity contribution in [1.82, 2.24) is 4.90 Å². The molecule has 1 atom stereocenters. The van der Waals surface area contributed by atoms with Crippen LogP contribution in [0.25, 0.3) is 0 Å². The molecule has 0 bridgehead atoms. The lowest BCUT2D eigenvalue weighted by molar-refractivity contribution is -0.862. The smallest absolute Gasteiger partial charge is 0.359 e. The first kappa shape index (κ1) is 21.1. The van der Waals surface area contributed by atoms with Crippen LogP contribution in [0, 0.1) is 0 Å². The molecule has 0 saturated heterocycles. The van der Waals surface area contributed by atoms with Gasteiger partial charge in [-0.2, -0.15) is 0 Å². The minimum Gasteiger partial charge on any atom is -0.870 e. The number of carboxylic acid groups (broad SMARTS) is 2. The Kier molecular flexibility index (Phi) is 11.1. The Labute approximate surface area is 102 Å². The predicted octanol–water partition coefficient (Wildman–Crippen LogP) is -0.378. The molecule has 7 nitrogen and oxygen atoms in total. The van der Waals surface area contributed by atoms with Gasteiger partial charge in [-0.3, -0.25) is 9.69 Å². The molecule has 0 radical (unpaired) electrons. The number of nitrogens with zero attached hydrogens (tertiary/aromatic N) is 2. The van der Waals surface area contributed by atoms with Gasteiger partial charge in [0.2, 0.25) is 0 Å². The zero-order chi connectivity index (χ0) is 13.5. The van der Waals surface area contributed by atoms with Gasteiger partial charge in [0.15, 0.2) is 6.54 Å². The van der Waals surface area contributed by atoms with E-state index in [1.165, 1.54) is 0 Å². The van der Waals surface area contributed by atoms with E-state index in [2.05, 4.69) is 0 Å². The van der Waals surface area contributed by atoms with Crippen LogP contribution < -0.4 is 0 Å². The molecule has 0 fully saturated rings. The van der Waals surface area contributed by atoms with Crippen LogP contribution in [0.2, 0.25) is 0 Å². The number of quaternary nitrogens is 1. The minimum absolute atomic E-state index is 0. The van der Waals surface area contributed by atoms with Gasteiger partial charge in [0.05, 0.1) is 21.1 Å². The lowest BCUT2D eigenvalue weighted by Crippen LogP contribution is -2.39. The third-order valence-corrected chi connectivity index (χ3v) is 1.74. The van der Waals surface area contributed by atoms with Crippen LogP contribution in [0.5, 0.6) is 0 Å². The summed E-state index contributed by atoms with van der Waals surface area (Å²) in [6, 6.07) is -0.380. The number of aliphatic carboxylic acids is 2. The molecule has 0 aliphatic carbocycles. The van der Waals surface area contributed by atoms with E-state index in [0.29, 0.717) is 4.48 Å². The third-order valence-electron chi connectivity index (χ3n) is 1.74. The molecule has 3 N–H and O–H groups in total. The van der Waals surface area contributed by atoms with Gasteiger partial charge in [-0.05, 0) is 21.0 Å². The molecule has 0 aromatic carbocycles. The Morgan fingerprint density at radius 1 is 1.18 bits per heavy atom. The van der Waals surface area contributed by atoms with Gasteiger partial charge in [-0.15, -0.1) is 0 Å². The van der Waals surface area contributed by atoms with Crippen LogP contribution in [0.15, 0.2) is 0 Å². The van der Waals surface area contributed by atoms with Crippen molar-refractivity contribution >= 4 is 11.9 Å². The monoisotopic (exact) mass is 252 g/mol. The minimum atomic E-state index is -0.782. The van der Waals surface area contributed by atoms with Crippen molar-refractivity contribution in [1.29, 1.82) is 0 Å². The second-order valence-electron chi connectivity index (χ2n) is 4.82. The number of carbonyl (C=O) groups is 2. The average molecular weight is 252 g/mol. The normalized spacial score (nSPS) is 11.9. The maximum atomic E-state index is 10.1. The van der Waals surface area contributed by atoms with Gasteiger partial charge in [0.25, 0.3) is 0 Å². The van der Waals surface area contributed by atoms with E-state index in [0.717, 1.165) is 0 Å². The van der Waals surface area contributed by atoms with Crippen LogP contribution in [-0.2, 0) is 9.59 Å². The van der Waals surface area contributed by atoms with Crippen LogP contribution in [0.3, 0.4) is 0 Å². The van der Waals surface area contributed by atoms with Crippen molar-refractivity contribution in [3.63, 3.8) is 0 Å². The molecule has 0 spiro atoms. The Hall–Kier alpha value is -1.18. The number of rotatable bonds is 4. The van der Waals surface area contributed by atoms with Crippen molar-refractivity contribution < 1.29 is 29.8 Å². The topological polar surface area (TPSA) is 108 Å². The van der Waals surface area contributed by atoms with Crippen molar-refractivity contribution in [3.8, 4) is 0 Å². The number of likely N-dealkylation sites (N-methyl/N-ethyl adjacent to an activating group) is 2. The Morgan fingerprint density at radius 3 is 1.53 bits per heavy atom. The molecule has 0 aromatic rings. The molecule has 0 aliphatic rings. The molecule has 0 aromatic heterocycles. The highest BCUT2D eigenvalue weighted by Crippen LogP contribution is 1.88. The van der Waals surface area contributed by atoms with E-state index in [-0.39, 0.29) is 18.1 Å². The molecular weight excluding hydrogens is 228 g/mol. The van der Waals surface area contributed by atoms with E-state index in [1.807, 2.05) is 21.1 Å². The zero-order valence-corrected chi connectivity index (χ0v) is 11.3. The fraction of sp³-hybridized carbons (Fsp3) is 0.800. The fourth-order valence-electron chi connectivity index (χ4n) is 0.627. The highest BCUT2D eigenvalue weighted by atomic mass is 16.4. The van der Waals surface area contributed by atoms with Crippen molar-refractivity contribution in [2.24, 2.45) is 0 Å². The molecule has 1 unspecified atom stereocenters. The SMILES string of the molecule is CC(C(=O)O)N(C)C.C[N+](C)(C)CC(=O)O.[OH-]. The third kappa shape index (κ3) is 17.4. The molecule has 0 amide bonds. The van der Waals surface area contributed by atoms with Gasteiger partial charge >= 0.3 is 11.9 Å². The molecular formula is C10H24N2O5. The Morgan fingerprint density at radius 2 is 1.53 bits per heavy atom. The number of hydrogen-bond acceptors (Lipinski definition) is 4. The number of hydrogen-bond donors (Lipinski definition) is 2.